The fourth-order valence-electron chi connectivity index (χ4n) is 1.72. The molecule has 1 N–H and O–H groups in total. The first-order valence-electron chi connectivity index (χ1n) is 7.50. The van der Waals surface area contributed by atoms with Crippen LogP contribution in [0, 0.1) is 0 Å². The fraction of sp³-hybridized carbons (Fsp3) is 0.625. The number of carbonyl (C=O) groups excluding carboxylic acids is 2. The van der Waals surface area contributed by atoms with E-state index in [1.165, 1.54) is 7.11 Å². The zero-order valence-corrected chi connectivity index (χ0v) is 15.3. The number of nitrogens with one attached hydrogen (secondary N) is 1. The summed E-state index contributed by atoms with van der Waals surface area (Å²) in [6.45, 7) is 7.47. The Labute approximate surface area is 141 Å². The molecule has 0 unspecified atom stereocenters. The predicted molar refractivity (Wildman–Crippen MR) is 90.6 cm³/mol. The molecule has 0 aliphatic heterocycles. The summed E-state index contributed by atoms with van der Waals surface area (Å²) in [6, 6.07) is 3.93. The summed E-state index contributed by atoms with van der Waals surface area (Å²) >= 11 is 1.58. The van der Waals surface area contributed by atoms with E-state index >= 15 is 0 Å². The van der Waals surface area contributed by atoms with Crippen LogP contribution in [-0.4, -0.2) is 49.8 Å². The zero-order chi connectivity index (χ0) is 17.5. The molecule has 1 heterocycles. The average molecular weight is 342 g/mol. The average Bonchev–Trinajstić information content (AvgIpc) is 2.88. The molecule has 23 heavy (non-hydrogen) atoms. The van der Waals surface area contributed by atoms with E-state index in [4.69, 9.17) is 4.74 Å². The number of hydrogen-bond donors (Lipinski definition) is 1. The zero-order valence-electron chi connectivity index (χ0n) is 14.5. The summed E-state index contributed by atoms with van der Waals surface area (Å²) < 4.78 is 9.93. The summed E-state index contributed by atoms with van der Waals surface area (Å²) in [7, 11) is 3.11. The smallest absolute Gasteiger partial charge is 0.410 e. The molecule has 1 aromatic rings. The van der Waals surface area contributed by atoms with Crippen LogP contribution in [0.15, 0.2) is 12.1 Å². The number of likely N-dealkylation sites (N-methyl/N-ethyl adjacent to an activating group) is 1. The first-order chi connectivity index (χ1) is 10.7. The monoisotopic (exact) mass is 342 g/mol. The van der Waals surface area contributed by atoms with Crippen molar-refractivity contribution >= 4 is 23.4 Å². The number of amides is 1. The SMILES string of the molecule is COC(=O)Cc1ccc(CNCCN(C)C(=O)OC(C)(C)C)s1. The van der Waals surface area contributed by atoms with Crippen molar-refractivity contribution in [3.05, 3.63) is 21.9 Å². The van der Waals surface area contributed by atoms with Crippen LogP contribution >= 0.6 is 11.3 Å². The molecular formula is C16H26N2O4S. The number of rotatable bonds is 7. The van der Waals surface area contributed by atoms with Crippen LogP contribution in [0.3, 0.4) is 0 Å². The Kier molecular flexibility index (Phi) is 7.51. The van der Waals surface area contributed by atoms with Crippen molar-refractivity contribution < 1.29 is 19.1 Å². The maximum absolute atomic E-state index is 11.8. The van der Waals surface area contributed by atoms with Gasteiger partial charge in [0.15, 0.2) is 0 Å². The van der Waals surface area contributed by atoms with E-state index in [2.05, 4.69) is 10.1 Å². The highest BCUT2D eigenvalue weighted by molar-refractivity contribution is 7.12. The first kappa shape index (κ1) is 19.4. The predicted octanol–water partition coefficient (Wildman–Crippen LogP) is 2.42. The lowest BCUT2D eigenvalue weighted by molar-refractivity contribution is -0.139. The third-order valence-electron chi connectivity index (χ3n) is 2.89. The van der Waals surface area contributed by atoms with Crippen LogP contribution in [0.25, 0.3) is 0 Å². The molecule has 0 saturated heterocycles. The third-order valence-corrected chi connectivity index (χ3v) is 3.98. The summed E-state index contributed by atoms with van der Waals surface area (Å²) in [4.78, 5) is 26.7. The quantitative estimate of drug-likeness (QED) is 0.609. The van der Waals surface area contributed by atoms with Gasteiger partial charge >= 0.3 is 12.1 Å². The van der Waals surface area contributed by atoms with Crippen LogP contribution in [0.2, 0.25) is 0 Å². The molecule has 0 aromatic carbocycles. The lowest BCUT2D eigenvalue weighted by Crippen LogP contribution is -2.37. The second-order valence-electron chi connectivity index (χ2n) is 6.20. The number of hydrogen-bond acceptors (Lipinski definition) is 6. The number of thiophene rings is 1. The molecule has 6 nitrogen and oxygen atoms in total. The van der Waals surface area contributed by atoms with Crippen LogP contribution in [0.1, 0.15) is 30.5 Å². The molecule has 0 fully saturated rings. The molecule has 0 bridgehead atoms. The van der Waals surface area contributed by atoms with Gasteiger partial charge in [-0.1, -0.05) is 0 Å². The summed E-state index contributed by atoms with van der Waals surface area (Å²) in [6.07, 6.45) is -0.0153. The van der Waals surface area contributed by atoms with E-state index in [9.17, 15) is 9.59 Å². The third kappa shape index (κ3) is 7.99. The molecule has 1 aromatic heterocycles. The summed E-state index contributed by atoms with van der Waals surface area (Å²) in [5.74, 6) is -0.231. The minimum Gasteiger partial charge on any atom is -0.469 e. The van der Waals surface area contributed by atoms with Crippen LogP contribution in [0.5, 0.6) is 0 Å². The highest BCUT2D eigenvalue weighted by Crippen LogP contribution is 2.17. The molecule has 7 heteroatoms. The van der Waals surface area contributed by atoms with Crippen molar-refractivity contribution in [1.82, 2.24) is 10.2 Å². The van der Waals surface area contributed by atoms with Gasteiger partial charge in [0, 0.05) is 36.4 Å². The van der Waals surface area contributed by atoms with E-state index in [1.807, 2.05) is 32.9 Å². The van der Waals surface area contributed by atoms with Gasteiger partial charge in [-0.3, -0.25) is 4.79 Å². The lowest BCUT2D eigenvalue weighted by Gasteiger charge is -2.24. The van der Waals surface area contributed by atoms with Gasteiger partial charge in [0.05, 0.1) is 13.5 Å². The van der Waals surface area contributed by atoms with Gasteiger partial charge in [0.1, 0.15) is 5.60 Å². The van der Waals surface area contributed by atoms with Gasteiger partial charge < -0.3 is 19.7 Å². The van der Waals surface area contributed by atoms with E-state index in [1.54, 1.807) is 23.3 Å². The molecule has 0 atom stereocenters. The Balaban J connectivity index is 2.27. The Morgan fingerprint density at radius 3 is 2.52 bits per heavy atom. The second kappa shape index (κ2) is 8.88. The van der Waals surface area contributed by atoms with Crippen molar-refractivity contribution in [1.29, 1.82) is 0 Å². The largest absolute Gasteiger partial charge is 0.469 e. The standard InChI is InChI=1S/C16H26N2O4S/c1-16(2,3)22-15(20)18(4)9-8-17-11-13-7-6-12(23-13)10-14(19)21-5/h6-7,17H,8-11H2,1-5H3. The van der Waals surface area contributed by atoms with Gasteiger partial charge in [-0.05, 0) is 32.9 Å². The lowest BCUT2D eigenvalue weighted by atomic mass is 10.2. The molecule has 130 valence electrons. The van der Waals surface area contributed by atoms with Gasteiger partial charge in [-0.2, -0.15) is 0 Å². The Hall–Kier alpha value is -1.60. The summed E-state index contributed by atoms with van der Waals surface area (Å²) in [5.41, 5.74) is -0.480. The van der Waals surface area contributed by atoms with Crippen molar-refractivity contribution in [3.63, 3.8) is 0 Å². The van der Waals surface area contributed by atoms with Crippen LogP contribution in [-0.2, 0) is 27.2 Å². The Morgan fingerprint density at radius 1 is 1.26 bits per heavy atom. The number of methoxy groups -OCH3 is 1. The highest BCUT2D eigenvalue weighted by atomic mass is 32.1. The molecule has 0 saturated carbocycles. The molecule has 0 aliphatic rings. The number of ether oxygens (including phenoxy) is 2. The topological polar surface area (TPSA) is 67.9 Å². The normalized spacial score (nSPS) is 11.2. The van der Waals surface area contributed by atoms with Crippen molar-refractivity contribution in [2.75, 3.05) is 27.2 Å². The molecule has 0 spiro atoms. The molecule has 0 radical (unpaired) electrons. The van der Waals surface area contributed by atoms with E-state index < -0.39 is 5.60 Å². The molecular weight excluding hydrogens is 316 g/mol. The second-order valence-corrected chi connectivity index (χ2v) is 7.45. The van der Waals surface area contributed by atoms with Gasteiger partial charge in [0.2, 0.25) is 0 Å². The van der Waals surface area contributed by atoms with Crippen LogP contribution in [0.4, 0.5) is 4.79 Å². The molecule has 1 rings (SSSR count). The first-order valence-corrected chi connectivity index (χ1v) is 8.32. The number of esters is 1. The van der Waals surface area contributed by atoms with Gasteiger partial charge in [0.25, 0.3) is 0 Å². The molecule has 0 aliphatic carbocycles. The summed E-state index contributed by atoms with van der Waals surface area (Å²) in [5, 5.41) is 3.28. The number of carbonyl (C=O) groups is 2. The van der Waals surface area contributed by atoms with Gasteiger partial charge in [-0.15, -0.1) is 11.3 Å². The van der Waals surface area contributed by atoms with E-state index in [-0.39, 0.29) is 12.1 Å². The Bertz CT molecular complexity index is 522. The maximum atomic E-state index is 11.8. The van der Waals surface area contributed by atoms with Gasteiger partial charge in [-0.25, -0.2) is 4.79 Å². The number of nitrogens with zero attached hydrogens (tertiary/aromatic N) is 1. The van der Waals surface area contributed by atoms with Crippen molar-refractivity contribution in [3.8, 4) is 0 Å². The Morgan fingerprint density at radius 2 is 1.91 bits per heavy atom. The van der Waals surface area contributed by atoms with E-state index in [0.29, 0.717) is 26.1 Å². The minimum atomic E-state index is -0.480. The van der Waals surface area contributed by atoms with E-state index in [0.717, 1.165) is 9.75 Å². The highest BCUT2D eigenvalue weighted by Gasteiger charge is 2.19. The van der Waals surface area contributed by atoms with Crippen molar-refractivity contribution in [2.24, 2.45) is 0 Å². The fourth-order valence-corrected chi connectivity index (χ4v) is 2.69. The maximum Gasteiger partial charge on any atom is 0.410 e. The minimum absolute atomic E-state index is 0.231. The van der Waals surface area contributed by atoms with Crippen LogP contribution < -0.4 is 5.32 Å². The molecule has 1 amide bonds. The van der Waals surface area contributed by atoms with Crippen molar-refractivity contribution in [2.45, 2.75) is 39.3 Å².